The van der Waals surface area contributed by atoms with Gasteiger partial charge in [0.1, 0.15) is 0 Å². The molecule has 0 saturated heterocycles. The summed E-state index contributed by atoms with van der Waals surface area (Å²) in [6, 6.07) is 120. The molecule has 4 aliphatic carbocycles. The highest BCUT2D eigenvalue weighted by atomic mass is 15.1. The minimum atomic E-state index is 0.134. The van der Waals surface area contributed by atoms with Gasteiger partial charge >= 0.3 is 0 Å². The summed E-state index contributed by atoms with van der Waals surface area (Å²) in [5.41, 5.74) is 24.2. The number of fused-ring (bicyclic) bond motifs is 14. The molecule has 0 amide bonds. The third-order valence-corrected chi connectivity index (χ3v) is 20.7. The van der Waals surface area contributed by atoms with Gasteiger partial charge in [-0.05, 0) is 196 Å². The molecule has 16 aromatic carbocycles. The zero-order valence-corrected chi connectivity index (χ0v) is 52.0. The summed E-state index contributed by atoms with van der Waals surface area (Å²) in [7, 11) is 0. The molecule has 440 valence electrons. The van der Waals surface area contributed by atoms with E-state index in [0.717, 1.165) is 17.1 Å². The van der Waals surface area contributed by atoms with Crippen LogP contribution in [0.4, 0.5) is 28.4 Å². The van der Waals surface area contributed by atoms with E-state index in [9.17, 15) is 0 Å². The molecule has 0 unspecified atom stereocenters. The van der Waals surface area contributed by atoms with Crippen molar-refractivity contribution in [2.45, 2.75) is 43.4 Å². The highest BCUT2D eigenvalue weighted by molar-refractivity contribution is 6.18. The van der Waals surface area contributed by atoms with Gasteiger partial charge in [-0.15, -0.1) is 0 Å². The summed E-state index contributed by atoms with van der Waals surface area (Å²) in [6.45, 7) is 2.23. The molecule has 93 heavy (non-hydrogen) atoms. The van der Waals surface area contributed by atoms with Gasteiger partial charge in [0.05, 0.1) is 11.4 Å². The Morgan fingerprint density at radius 3 is 1.34 bits per heavy atom. The summed E-state index contributed by atoms with van der Waals surface area (Å²) < 4.78 is 0. The lowest BCUT2D eigenvalue weighted by atomic mass is 9.74. The molecule has 0 bridgehead atoms. The first-order chi connectivity index (χ1) is 46.0. The second-order valence-electron chi connectivity index (χ2n) is 26.0. The molecule has 1 N–H and O–H groups in total. The van der Waals surface area contributed by atoms with E-state index in [1.807, 2.05) is 6.07 Å². The molecule has 16 aromatic rings. The summed E-state index contributed by atoms with van der Waals surface area (Å²) in [5.74, 6) is 0. The fourth-order valence-electron chi connectivity index (χ4n) is 16.1. The Hall–Kier alpha value is -11.3. The minimum Gasteiger partial charge on any atom is -0.355 e. The van der Waals surface area contributed by atoms with E-state index >= 15 is 0 Å². The molecule has 2 fully saturated rings. The number of hydrogen-bond donors (Lipinski definition) is 1. The molecule has 20 rings (SSSR count). The van der Waals surface area contributed by atoms with Gasteiger partial charge in [0, 0.05) is 44.1 Å². The van der Waals surface area contributed by atoms with Crippen LogP contribution < -0.4 is 10.2 Å². The van der Waals surface area contributed by atoms with Crippen molar-refractivity contribution in [1.29, 1.82) is 0 Å². The van der Waals surface area contributed by atoms with Crippen molar-refractivity contribution in [1.82, 2.24) is 0 Å². The smallest absolute Gasteiger partial charge is 0.0546 e. The van der Waals surface area contributed by atoms with Crippen LogP contribution in [0.3, 0.4) is 0 Å². The molecular weight excluding hydrogens is 1120 g/mol. The van der Waals surface area contributed by atoms with Crippen LogP contribution in [0.1, 0.15) is 53.5 Å². The lowest BCUT2D eigenvalue weighted by Gasteiger charge is -2.33. The van der Waals surface area contributed by atoms with E-state index in [0.29, 0.717) is 5.41 Å². The number of rotatable bonds is 7. The molecule has 2 saturated carbocycles. The Balaban J connectivity index is 0.000000114. The predicted octanol–water partition coefficient (Wildman–Crippen LogP) is 25.0. The number of anilines is 5. The summed E-state index contributed by atoms with van der Waals surface area (Å²) in [5, 5.41) is 19.4. The van der Waals surface area contributed by atoms with Gasteiger partial charge in [0.25, 0.3) is 0 Å². The van der Waals surface area contributed by atoms with Crippen LogP contribution >= 0.6 is 0 Å². The average molecular weight is 1190 g/mol. The molecule has 0 aliphatic heterocycles. The molecule has 2 spiro atoms. The number of nitrogens with zero attached hydrogens (tertiary/aromatic N) is 1. The third kappa shape index (κ3) is 9.07. The van der Waals surface area contributed by atoms with Crippen LogP contribution in [0.2, 0.25) is 0 Å². The Labute approximate surface area is 543 Å². The maximum Gasteiger partial charge on any atom is 0.0546 e. The highest BCUT2D eigenvalue weighted by Gasteiger charge is 2.51. The topological polar surface area (TPSA) is 15.3 Å². The van der Waals surface area contributed by atoms with Gasteiger partial charge in [-0.25, -0.2) is 0 Å². The van der Waals surface area contributed by atoms with Gasteiger partial charge in [0.15, 0.2) is 0 Å². The van der Waals surface area contributed by atoms with E-state index in [-0.39, 0.29) is 5.41 Å². The van der Waals surface area contributed by atoms with Crippen LogP contribution in [-0.2, 0) is 10.8 Å². The summed E-state index contributed by atoms with van der Waals surface area (Å²) >= 11 is 0. The summed E-state index contributed by atoms with van der Waals surface area (Å²) in [4.78, 5) is 2.52. The van der Waals surface area contributed by atoms with Crippen molar-refractivity contribution in [2.24, 2.45) is 0 Å². The zero-order valence-electron chi connectivity index (χ0n) is 52.0. The van der Waals surface area contributed by atoms with E-state index in [4.69, 9.17) is 0 Å². The Morgan fingerprint density at radius 1 is 0.280 bits per heavy atom. The zero-order chi connectivity index (χ0) is 61.6. The van der Waals surface area contributed by atoms with Gasteiger partial charge < -0.3 is 10.2 Å². The number of hydrogen-bond acceptors (Lipinski definition) is 2. The maximum atomic E-state index is 3.65. The van der Waals surface area contributed by atoms with Crippen molar-refractivity contribution in [3.05, 3.63) is 355 Å². The molecule has 2 nitrogen and oxygen atoms in total. The first kappa shape index (κ1) is 54.6. The summed E-state index contributed by atoms with van der Waals surface area (Å²) in [6.07, 6.45) is 5.03. The lowest BCUT2D eigenvalue weighted by molar-refractivity contribution is 0.853. The number of aryl methyl sites for hydroxylation is 1. The second kappa shape index (κ2) is 22.0. The molecule has 0 aromatic heterocycles. The van der Waals surface area contributed by atoms with Crippen molar-refractivity contribution >= 4 is 93.1 Å². The molecule has 0 heterocycles. The maximum absolute atomic E-state index is 3.65. The van der Waals surface area contributed by atoms with Crippen molar-refractivity contribution in [3.8, 4) is 44.5 Å². The van der Waals surface area contributed by atoms with Crippen molar-refractivity contribution in [3.63, 3.8) is 0 Å². The Kier molecular flexibility index (Phi) is 12.9. The fraction of sp³-hybridized carbons (Fsp3) is 0.0769. The van der Waals surface area contributed by atoms with Crippen molar-refractivity contribution < 1.29 is 0 Å². The molecule has 0 atom stereocenters. The molecular formula is C91H66N2. The number of nitrogens with one attached hydrogen (secondary N) is 1. The first-order valence-corrected chi connectivity index (χ1v) is 33.0. The molecule has 0 radical (unpaired) electrons. The SMILES string of the molecule is Cc1ccc2c3c(cccc13)C1(CC1)c1ccccc1-2.c1ccc(-c2cccc(N(c3ccc4c5c(cccc35)C3(CC3)c3ccccc3-4)c3cc4ccccc4c4ccccc34)c2)cc1.c1ccc(-c2cccc(Nc3cc4ccccc4c4ccccc34)c2)cc1. The van der Waals surface area contributed by atoms with Crippen LogP contribution in [0, 0.1) is 6.92 Å². The third-order valence-electron chi connectivity index (χ3n) is 20.7. The lowest BCUT2D eigenvalue weighted by Crippen LogP contribution is -2.17. The van der Waals surface area contributed by atoms with E-state index in [1.54, 1.807) is 11.1 Å². The van der Waals surface area contributed by atoms with Gasteiger partial charge in [-0.3, -0.25) is 0 Å². The van der Waals surface area contributed by atoms with E-state index in [1.165, 1.54) is 163 Å². The van der Waals surface area contributed by atoms with E-state index < -0.39 is 0 Å². The van der Waals surface area contributed by atoms with Gasteiger partial charge in [-0.1, -0.05) is 285 Å². The molecule has 4 aliphatic rings. The second-order valence-corrected chi connectivity index (χ2v) is 26.0. The standard InChI is InChI=1S/C45H31N.C26H19N.C20H16/c1-2-12-30(13-3-1)31-15-10-16-33(28-31)46(43-29-32-14-4-5-17-34(32)35-18-6-7-20-37(35)43)42-25-24-38-36-19-8-9-22-40(36)45(26-27-45)41-23-11-21-39(42)44(38)41;1-2-9-19(10-3-1)20-12-8-13-22(17-20)27-26-18-21-11-4-5-14-23(21)24-15-6-7-16-25(24)26;1-13-9-10-16-15-5-2-3-7-17(15)20(11-12-20)18-8-4-6-14(13)19(16)18/h1-25,28-29H,26-27H2;1-18,27H;2-10H,11-12H2,1H3. The van der Waals surface area contributed by atoms with Crippen LogP contribution in [0.5, 0.6) is 0 Å². The quantitative estimate of drug-likeness (QED) is 0.160. The van der Waals surface area contributed by atoms with Crippen LogP contribution in [-0.4, -0.2) is 0 Å². The number of benzene rings is 16. The monoisotopic (exact) mass is 1190 g/mol. The Morgan fingerprint density at radius 2 is 0.720 bits per heavy atom. The fourth-order valence-corrected chi connectivity index (χ4v) is 16.1. The van der Waals surface area contributed by atoms with Crippen molar-refractivity contribution in [2.75, 3.05) is 10.2 Å². The van der Waals surface area contributed by atoms with E-state index in [2.05, 4.69) is 339 Å². The first-order valence-electron chi connectivity index (χ1n) is 33.0. The molecule has 2 heteroatoms. The van der Waals surface area contributed by atoms with Gasteiger partial charge in [-0.2, -0.15) is 0 Å². The normalized spacial score (nSPS) is 13.9. The highest BCUT2D eigenvalue weighted by Crippen LogP contribution is 2.63. The largest absolute Gasteiger partial charge is 0.355 e. The average Bonchev–Trinajstić information content (AvgIpc) is 1.48. The Bertz CT molecular complexity index is 5640. The van der Waals surface area contributed by atoms with Crippen LogP contribution in [0.25, 0.3) is 109 Å². The predicted molar refractivity (Wildman–Crippen MR) is 395 cm³/mol. The van der Waals surface area contributed by atoms with Crippen LogP contribution in [0.15, 0.2) is 328 Å². The minimum absolute atomic E-state index is 0.134. The van der Waals surface area contributed by atoms with Gasteiger partial charge in [0.2, 0.25) is 0 Å².